The lowest BCUT2D eigenvalue weighted by atomic mass is 10.1. The normalized spacial score (nSPS) is 11.4. The Morgan fingerprint density at radius 2 is 1.81 bits per heavy atom. The summed E-state index contributed by atoms with van der Waals surface area (Å²) < 4.78 is 8.32. The molecule has 0 bridgehead atoms. The minimum absolute atomic E-state index is 0.545. The maximum absolute atomic E-state index is 6.06. The Balaban J connectivity index is 1.88. The molecule has 0 radical (unpaired) electrons. The number of para-hydroxylation sites is 1. The van der Waals surface area contributed by atoms with Gasteiger partial charge in [0.25, 0.3) is 0 Å². The van der Waals surface area contributed by atoms with E-state index in [1.807, 2.05) is 24.3 Å². The number of ether oxygens (including phenoxy) is 1. The fourth-order valence-electron chi connectivity index (χ4n) is 3.34. The van der Waals surface area contributed by atoms with Crippen molar-refractivity contribution in [2.75, 3.05) is 13.6 Å². The van der Waals surface area contributed by atoms with Gasteiger partial charge in [0.2, 0.25) is 0 Å². The molecule has 4 heteroatoms. The average Bonchev–Trinajstić information content (AvgIpc) is 2.91. The Kier molecular flexibility index (Phi) is 6.23. The molecule has 0 atom stereocenters. The summed E-state index contributed by atoms with van der Waals surface area (Å²) in [6, 6.07) is 16.1. The molecule has 1 aromatic heterocycles. The third-order valence-electron chi connectivity index (χ3n) is 4.85. The molecule has 0 fully saturated rings. The van der Waals surface area contributed by atoms with E-state index in [-0.39, 0.29) is 0 Å². The molecule has 3 nitrogen and oxygen atoms in total. The summed E-state index contributed by atoms with van der Waals surface area (Å²) in [5.74, 6) is 0.838. The lowest BCUT2D eigenvalue weighted by Crippen LogP contribution is -2.20. The number of rotatable bonds is 8. The van der Waals surface area contributed by atoms with Crippen molar-refractivity contribution in [2.24, 2.45) is 7.05 Å². The monoisotopic (exact) mass is 370 g/mol. The van der Waals surface area contributed by atoms with Gasteiger partial charge in [-0.3, -0.25) is 0 Å². The van der Waals surface area contributed by atoms with Crippen molar-refractivity contribution in [1.29, 1.82) is 0 Å². The van der Waals surface area contributed by atoms with E-state index in [2.05, 4.69) is 54.8 Å². The molecule has 3 rings (SSSR count). The van der Waals surface area contributed by atoms with Crippen LogP contribution in [0.1, 0.15) is 31.0 Å². The van der Waals surface area contributed by atoms with Crippen LogP contribution in [0.5, 0.6) is 5.75 Å². The van der Waals surface area contributed by atoms with Crippen LogP contribution in [0.2, 0.25) is 5.02 Å². The summed E-state index contributed by atoms with van der Waals surface area (Å²) in [5, 5.41) is 2.04. The van der Waals surface area contributed by atoms with Crippen molar-refractivity contribution in [2.45, 2.75) is 32.9 Å². The summed E-state index contributed by atoms with van der Waals surface area (Å²) in [6.45, 7) is 4.82. The summed E-state index contributed by atoms with van der Waals surface area (Å²) in [6.07, 6.45) is 2.43. The van der Waals surface area contributed by atoms with Gasteiger partial charge in [-0.2, -0.15) is 0 Å². The van der Waals surface area contributed by atoms with E-state index in [1.54, 1.807) is 0 Å². The molecule has 0 N–H and O–H groups in total. The molecular formula is C22H27ClN2O. The number of hydrogen-bond acceptors (Lipinski definition) is 2. The predicted octanol–water partition coefficient (Wildman–Crippen LogP) is 5.64. The first-order valence-corrected chi connectivity index (χ1v) is 9.60. The summed E-state index contributed by atoms with van der Waals surface area (Å²) in [5.41, 5.74) is 3.83. The fourth-order valence-corrected chi connectivity index (χ4v) is 3.47. The van der Waals surface area contributed by atoms with Crippen molar-refractivity contribution in [3.8, 4) is 5.75 Å². The molecule has 0 saturated heterocycles. The standard InChI is InChI=1S/C22H27ClN2O/c1-4-5-14-24(2)15-20-19-8-6-7-9-21(19)25(3)22(20)16-26-18-12-10-17(23)11-13-18/h6-13H,4-5,14-16H2,1-3H3. The Morgan fingerprint density at radius 1 is 1.08 bits per heavy atom. The van der Waals surface area contributed by atoms with Gasteiger partial charge in [-0.15, -0.1) is 0 Å². The number of nitrogens with zero attached hydrogens (tertiary/aromatic N) is 2. The molecule has 26 heavy (non-hydrogen) atoms. The van der Waals surface area contributed by atoms with Gasteiger partial charge >= 0.3 is 0 Å². The SMILES string of the molecule is CCCCN(C)Cc1c(COc2ccc(Cl)cc2)n(C)c2ccccc12. The molecule has 3 aromatic rings. The highest BCUT2D eigenvalue weighted by Gasteiger charge is 2.16. The summed E-state index contributed by atoms with van der Waals surface area (Å²) in [4.78, 5) is 2.40. The molecule has 138 valence electrons. The Morgan fingerprint density at radius 3 is 2.54 bits per heavy atom. The minimum Gasteiger partial charge on any atom is -0.487 e. The third-order valence-corrected chi connectivity index (χ3v) is 5.11. The molecule has 0 aliphatic carbocycles. The van der Waals surface area contributed by atoms with E-state index in [0.29, 0.717) is 6.61 Å². The van der Waals surface area contributed by atoms with E-state index in [9.17, 15) is 0 Å². The fraction of sp³-hybridized carbons (Fsp3) is 0.364. The van der Waals surface area contributed by atoms with Gasteiger partial charge in [0.1, 0.15) is 12.4 Å². The molecule has 0 spiro atoms. The van der Waals surface area contributed by atoms with Crippen LogP contribution in [0.15, 0.2) is 48.5 Å². The quantitative estimate of drug-likeness (QED) is 0.510. The molecular weight excluding hydrogens is 344 g/mol. The van der Waals surface area contributed by atoms with Gasteiger partial charge in [-0.1, -0.05) is 43.1 Å². The number of halogens is 1. The lowest BCUT2D eigenvalue weighted by Gasteiger charge is -2.18. The number of hydrogen-bond donors (Lipinski definition) is 0. The van der Waals surface area contributed by atoms with E-state index in [4.69, 9.17) is 16.3 Å². The summed E-state index contributed by atoms with van der Waals surface area (Å²) >= 11 is 5.97. The highest BCUT2D eigenvalue weighted by molar-refractivity contribution is 6.30. The van der Waals surface area contributed by atoms with Crippen LogP contribution in [0.4, 0.5) is 0 Å². The maximum atomic E-state index is 6.06. The van der Waals surface area contributed by atoms with E-state index in [0.717, 1.165) is 23.9 Å². The number of aromatic nitrogens is 1. The Hall–Kier alpha value is -1.97. The zero-order valence-corrected chi connectivity index (χ0v) is 16.6. The smallest absolute Gasteiger partial charge is 0.129 e. The minimum atomic E-state index is 0.545. The van der Waals surface area contributed by atoms with Crippen molar-refractivity contribution in [3.05, 3.63) is 64.8 Å². The summed E-state index contributed by atoms with van der Waals surface area (Å²) in [7, 11) is 4.32. The zero-order chi connectivity index (χ0) is 18.5. The van der Waals surface area contributed by atoms with Gasteiger partial charge in [0, 0.05) is 29.5 Å². The molecule has 2 aromatic carbocycles. The van der Waals surface area contributed by atoms with Gasteiger partial charge in [-0.05, 0) is 55.9 Å². The van der Waals surface area contributed by atoms with Crippen molar-refractivity contribution in [3.63, 3.8) is 0 Å². The Labute approximate surface area is 161 Å². The number of fused-ring (bicyclic) bond motifs is 1. The first-order valence-electron chi connectivity index (χ1n) is 9.22. The average molecular weight is 371 g/mol. The molecule has 0 aliphatic rings. The van der Waals surface area contributed by atoms with E-state index < -0.39 is 0 Å². The Bertz CT molecular complexity index is 854. The van der Waals surface area contributed by atoms with Gasteiger partial charge in [-0.25, -0.2) is 0 Å². The van der Waals surface area contributed by atoms with Crippen LogP contribution in [0.3, 0.4) is 0 Å². The van der Waals surface area contributed by atoms with Crippen molar-refractivity contribution < 1.29 is 4.74 Å². The predicted molar refractivity (Wildman–Crippen MR) is 110 cm³/mol. The van der Waals surface area contributed by atoms with Gasteiger partial charge < -0.3 is 14.2 Å². The second-order valence-corrected chi connectivity index (χ2v) is 7.27. The number of aryl methyl sites for hydroxylation is 1. The molecule has 0 saturated carbocycles. The van der Waals surface area contributed by atoms with E-state index in [1.165, 1.54) is 35.0 Å². The van der Waals surface area contributed by atoms with Crippen molar-refractivity contribution in [1.82, 2.24) is 9.47 Å². The number of benzene rings is 2. The van der Waals surface area contributed by atoms with Gasteiger partial charge in [0.15, 0.2) is 0 Å². The maximum Gasteiger partial charge on any atom is 0.129 e. The lowest BCUT2D eigenvalue weighted by molar-refractivity contribution is 0.287. The third kappa shape index (κ3) is 4.22. The first-order chi connectivity index (χ1) is 12.6. The highest BCUT2D eigenvalue weighted by atomic mass is 35.5. The van der Waals surface area contributed by atoms with Crippen LogP contribution < -0.4 is 4.74 Å². The van der Waals surface area contributed by atoms with Gasteiger partial charge in [0.05, 0.1) is 5.69 Å². The molecule has 0 amide bonds. The molecule has 0 unspecified atom stereocenters. The van der Waals surface area contributed by atoms with E-state index >= 15 is 0 Å². The number of unbranched alkanes of at least 4 members (excludes halogenated alkanes) is 1. The molecule has 0 aliphatic heterocycles. The van der Waals surface area contributed by atoms with Crippen molar-refractivity contribution >= 4 is 22.5 Å². The first kappa shape index (κ1) is 18.8. The second-order valence-electron chi connectivity index (χ2n) is 6.84. The van der Waals surface area contributed by atoms with Crippen LogP contribution in [-0.4, -0.2) is 23.1 Å². The van der Waals surface area contributed by atoms with Crippen LogP contribution in [0, 0.1) is 0 Å². The zero-order valence-electron chi connectivity index (χ0n) is 15.8. The second kappa shape index (κ2) is 8.61. The highest BCUT2D eigenvalue weighted by Crippen LogP contribution is 2.28. The topological polar surface area (TPSA) is 17.4 Å². The van der Waals surface area contributed by atoms with Crippen LogP contribution in [-0.2, 0) is 20.2 Å². The largest absolute Gasteiger partial charge is 0.487 e. The van der Waals surface area contributed by atoms with Crippen LogP contribution >= 0.6 is 11.6 Å². The molecule has 1 heterocycles. The van der Waals surface area contributed by atoms with Crippen LogP contribution in [0.25, 0.3) is 10.9 Å².